The molecular weight excluding hydrogens is 226 g/mol. The van der Waals surface area contributed by atoms with Crippen LogP contribution in [-0.4, -0.2) is 19.6 Å². The normalized spacial score (nSPS) is 18.6. The van der Waals surface area contributed by atoms with Crippen molar-refractivity contribution in [1.29, 1.82) is 0 Å². The van der Waals surface area contributed by atoms with Crippen LogP contribution in [0.4, 0.5) is 0 Å². The minimum absolute atomic E-state index is 0.0291. The predicted octanol–water partition coefficient (Wildman–Crippen LogP) is 2.80. The Kier molecular flexibility index (Phi) is 3.33. The van der Waals surface area contributed by atoms with Gasteiger partial charge in [-0.2, -0.15) is 0 Å². The summed E-state index contributed by atoms with van der Waals surface area (Å²) in [5.41, 5.74) is 4.06. The summed E-state index contributed by atoms with van der Waals surface area (Å²) in [4.78, 5) is 12.1. The lowest BCUT2D eigenvalue weighted by atomic mass is 9.80. The fourth-order valence-corrected chi connectivity index (χ4v) is 2.70. The van der Waals surface area contributed by atoms with Gasteiger partial charge in [0.2, 0.25) is 0 Å². The number of methoxy groups -OCH3 is 1. The van der Waals surface area contributed by atoms with Gasteiger partial charge < -0.3 is 10.1 Å². The van der Waals surface area contributed by atoms with Crippen LogP contribution in [0.15, 0.2) is 6.07 Å². The summed E-state index contributed by atoms with van der Waals surface area (Å²) in [5, 5.41) is 2.99. The largest absolute Gasteiger partial charge is 0.496 e. The molecule has 1 heterocycles. The molecule has 0 fully saturated rings. The van der Waals surface area contributed by atoms with Crippen molar-refractivity contribution in [2.75, 3.05) is 13.7 Å². The summed E-state index contributed by atoms with van der Waals surface area (Å²) in [6.45, 7) is 9.09. The second-order valence-corrected chi connectivity index (χ2v) is 5.37. The van der Waals surface area contributed by atoms with Crippen LogP contribution in [0.2, 0.25) is 0 Å². The third-order valence-corrected chi connectivity index (χ3v) is 3.95. The van der Waals surface area contributed by atoms with Crippen molar-refractivity contribution >= 4 is 5.91 Å². The van der Waals surface area contributed by atoms with Gasteiger partial charge in [-0.15, -0.1) is 0 Å². The summed E-state index contributed by atoms with van der Waals surface area (Å²) < 4.78 is 5.50. The number of nitrogens with one attached hydrogen (secondary N) is 1. The van der Waals surface area contributed by atoms with E-state index in [2.05, 4.69) is 19.2 Å². The number of ether oxygens (including phenoxy) is 1. The quantitative estimate of drug-likeness (QED) is 0.872. The van der Waals surface area contributed by atoms with E-state index in [9.17, 15) is 4.79 Å². The first-order valence-electron chi connectivity index (χ1n) is 6.43. The summed E-state index contributed by atoms with van der Waals surface area (Å²) in [5.74, 6) is 1.68. The first kappa shape index (κ1) is 12.9. The molecule has 1 aromatic carbocycles. The molecule has 18 heavy (non-hydrogen) atoms. The van der Waals surface area contributed by atoms with Crippen LogP contribution in [-0.2, 0) is 0 Å². The second-order valence-electron chi connectivity index (χ2n) is 5.37. The molecule has 1 atom stereocenters. The summed E-state index contributed by atoms with van der Waals surface area (Å²) in [6, 6.07) is 2.04. The number of aryl methyl sites for hydroxylation is 1. The molecule has 1 amide bonds. The number of rotatable bonds is 2. The average molecular weight is 247 g/mol. The number of fused-ring (bicyclic) bond motifs is 1. The van der Waals surface area contributed by atoms with Gasteiger partial charge in [-0.25, -0.2) is 0 Å². The van der Waals surface area contributed by atoms with Gasteiger partial charge in [-0.3, -0.25) is 4.79 Å². The highest BCUT2D eigenvalue weighted by atomic mass is 16.5. The third kappa shape index (κ3) is 1.88. The van der Waals surface area contributed by atoms with Crippen molar-refractivity contribution in [2.45, 2.75) is 33.6 Å². The molecule has 1 aromatic rings. The molecule has 1 aliphatic rings. The average Bonchev–Trinajstić information content (AvgIpc) is 2.33. The van der Waals surface area contributed by atoms with Crippen molar-refractivity contribution in [2.24, 2.45) is 5.92 Å². The first-order valence-corrected chi connectivity index (χ1v) is 6.43. The smallest absolute Gasteiger partial charge is 0.252 e. The van der Waals surface area contributed by atoms with Gasteiger partial charge in [-0.1, -0.05) is 13.8 Å². The maximum Gasteiger partial charge on any atom is 0.252 e. The molecule has 0 spiro atoms. The molecule has 1 aliphatic heterocycles. The zero-order valence-corrected chi connectivity index (χ0v) is 11.8. The SMILES string of the molecule is COc1cc(C)c(C)c2c1C(C(C)C)CNC2=O. The number of carbonyl (C=O) groups is 1. The minimum Gasteiger partial charge on any atom is -0.496 e. The Hall–Kier alpha value is -1.51. The Morgan fingerprint density at radius 2 is 2.06 bits per heavy atom. The van der Waals surface area contributed by atoms with Gasteiger partial charge in [0.25, 0.3) is 5.91 Å². The van der Waals surface area contributed by atoms with Gasteiger partial charge in [0.15, 0.2) is 0 Å². The van der Waals surface area contributed by atoms with Crippen LogP contribution in [0.1, 0.15) is 46.8 Å². The van der Waals surface area contributed by atoms with E-state index in [-0.39, 0.29) is 5.91 Å². The van der Waals surface area contributed by atoms with Gasteiger partial charge >= 0.3 is 0 Å². The van der Waals surface area contributed by atoms with Crippen molar-refractivity contribution in [3.8, 4) is 5.75 Å². The van der Waals surface area contributed by atoms with Gasteiger partial charge in [0.1, 0.15) is 5.75 Å². The Labute approximate surface area is 109 Å². The molecule has 0 aliphatic carbocycles. The lowest BCUT2D eigenvalue weighted by Crippen LogP contribution is -2.38. The van der Waals surface area contributed by atoms with Crippen LogP contribution >= 0.6 is 0 Å². The number of benzene rings is 1. The minimum atomic E-state index is 0.0291. The first-order chi connectivity index (χ1) is 8.47. The van der Waals surface area contributed by atoms with Crippen LogP contribution in [0.5, 0.6) is 5.75 Å². The zero-order valence-electron chi connectivity index (χ0n) is 11.8. The molecule has 0 bridgehead atoms. The third-order valence-electron chi connectivity index (χ3n) is 3.95. The highest BCUT2D eigenvalue weighted by Gasteiger charge is 2.32. The van der Waals surface area contributed by atoms with Gasteiger partial charge in [-0.05, 0) is 37.0 Å². The standard InChI is InChI=1S/C15H21NO2/c1-8(2)11-7-16-15(17)13-10(4)9(3)6-12(18-5)14(11)13/h6,8,11H,7H2,1-5H3,(H,16,17). The van der Waals surface area contributed by atoms with E-state index in [1.807, 2.05) is 19.9 Å². The lowest BCUT2D eigenvalue weighted by molar-refractivity contribution is 0.0934. The topological polar surface area (TPSA) is 38.3 Å². The highest BCUT2D eigenvalue weighted by molar-refractivity contribution is 5.99. The van der Waals surface area contributed by atoms with E-state index in [0.29, 0.717) is 18.4 Å². The fourth-order valence-electron chi connectivity index (χ4n) is 2.70. The summed E-state index contributed by atoms with van der Waals surface area (Å²) >= 11 is 0. The van der Waals surface area contributed by atoms with E-state index in [1.54, 1.807) is 7.11 Å². The van der Waals surface area contributed by atoms with Crippen molar-refractivity contribution in [1.82, 2.24) is 5.32 Å². The van der Waals surface area contributed by atoms with E-state index in [4.69, 9.17) is 4.74 Å². The summed E-state index contributed by atoms with van der Waals surface area (Å²) in [6.07, 6.45) is 0. The van der Waals surface area contributed by atoms with Crippen LogP contribution in [0.25, 0.3) is 0 Å². The van der Waals surface area contributed by atoms with E-state index >= 15 is 0 Å². The molecule has 1 N–H and O–H groups in total. The van der Waals surface area contributed by atoms with Crippen LogP contribution < -0.4 is 10.1 Å². The number of hydrogen-bond donors (Lipinski definition) is 1. The Bertz CT molecular complexity index is 492. The molecule has 98 valence electrons. The Morgan fingerprint density at radius 3 is 2.61 bits per heavy atom. The van der Waals surface area contributed by atoms with Crippen LogP contribution in [0.3, 0.4) is 0 Å². The highest BCUT2D eigenvalue weighted by Crippen LogP contribution is 2.39. The monoisotopic (exact) mass is 247 g/mol. The maximum atomic E-state index is 12.1. The van der Waals surface area contributed by atoms with E-state index in [1.165, 1.54) is 0 Å². The molecular formula is C15H21NO2. The fraction of sp³-hybridized carbons (Fsp3) is 0.533. The van der Waals surface area contributed by atoms with Gasteiger partial charge in [0, 0.05) is 23.6 Å². The molecule has 3 nitrogen and oxygen atoms in total. The molecule has 0 aromatic heterocycles. The van der Waals surface area contributed by atoms with Crippen molar-refractivity contribution < 1.29 is 9.53 Å². The van der Waals surface area contributed by atoms with Gasteiger partial charge in [0.05, 0.1) is 7.11 Å². The van der Waals surface area contributed by atoms with Crippen LogP contribution in [0, 0.1) is 19.8 Å². The maximum absolute atomic E-state index is 12.1. The number of carbonyl (C=O) groups excluding carboxylic acids is 1. The Morgan fingerprint density at radius 1 is 1.39 bits per heavy atom. The Balaban J connectivity index is 2.73. The lowest BCUT2D eigenvalue weighted by Gasteiger charge is -2.31. The zero-order chi connectivity index (χ0) is 13.4. The summed E-state index contributed by atoms with van der Waals surface area (Å²) in [7, 11) is 1.67. The molecule has 3 heteroatoms. The molecule has 0 radical (unpaired) electrons. The predicted molar refractivity (Wildman–Crippen MR) is 72.4 cm³/mol. The number of amides is 1. The molecule has 2 rings (SSSR count). The molecule has 1 unspecified atom stereocenters. The number of hydrogen-bond acceptors (Lipinski definition) is 2. The van der Waals surface area contributed by atoms with Crippen molar-refractivity contribution in [3.63, 3.8) is 0 Å². The molecule has 0 saturated carbocycles. The van der Waals surface area contributed by atoms with Crippen molar-refractivity contribution in [3.05, 3.63) is 28.3 Å². The second kappa shape index (κ2) is 4.63. The molecule has 0 saturated heterocycles. The van der Waals surface area contributed by atoms with E-state index in [0.717, 1.165) is 28.0 Å². The van der Waals surface area contributed by atoms with E-state index < -0.39 is 0 Å².